The van der Waals surface area contributed by atoms with E-state index >= 15 is 0 Å². The van der Waals surface area contributed by atoms with Crippen molar-refractivity contribution in [3.8, 4) is 17.2 Å². The van der Waals surface area contributed by atoms with Gasteiger partial charge in [0.05, 0.1) is 7.11 Å². The maximum absolute atomic E-state index is 14.4. The van der Waals surface area contributed by atoms with Crippen LogP contribution in [0.1, 0.15) is 33.7 Å². The van der Waals surface area contributed by atoms with Crippen molar-refractivity contribution in [2.45, 2.75) is 25.9 Å². The number of ether oxygens (including phenoxy) is 2. The van der Waals surface area contributed by atoms with Crippen LogP contribution in [0.25, 0.3) is 5.69 Å². The Morgan fingerprint density at radius 2 is 1.91 bits per heavy atom. The molecule has 0 saturated heterocycles. The van der Waals surface area contributed by atoms with Crippen LogP contribution in [0.2, 0.25) is 0 Å². The normalized spacial score (nSPS) is 12.3. The first-order valence-corrected chi connectivity index (χ1v) is 11.0. The minimum absolute atomic E-state index is 0.311. The fourth-order valence-electron chi connectivity index (χ4n) is 4.14. The molecule has 0 saturated carbocycles. The van der Waals surface area contributed by atoms with E-state index in [2.05, 4.69) is 15.4 Å². The van der Waals surface area contributed by atoms with Gasteiger partial charge in [-0.3, -0.25) is 9.78 Å². The van der Waals surface area contributed by atoms with Crippen LogP contribution in [0.15, 0.2) is 67.0 Å². The molecular formula is C26H23FN4O3. The Kier molecular flexibility index (Phi) is 5.95. The molecule has 4 aromatic rings. The van der Waals surface area contributed by atoms with Crippen molar-refractivity contribution in [3.63, 3.8) is 0 Å². The number of carbonyl (C=O) groups is 1. The van der Waals surface area contributed by atoms with Gasteiger partial charge in [-0.2, -0.15) is 5.10 Å². The van der Waals surface area contributed by atoms with Crippen LogP contribution in [0.3, 0.4) is 0 Å². The van der Waals surface area contributed by atoms with Crippen LogP contribution < -0.4 is 14.8 Å². The number of anilines is 1. The number of amides is 1. The largest absolute Gasteiger partial charge is 0.493 e. The maximum Gasteiger partial charge on any atom is 0.276 e. The lowest BCUT2D eigenvalue weighted by atomic mass is 10.2. The molecule has 0 atom stereocenters. The number of rotatable bonds is 7. The third-order valence-corrected chi connectivity index (χ3v) is 5.79. The van der Waals surface area contributed by atoms with E-state index in [9.17, 15) is 9.18 Å². The first kappa shape index (κ1) is 21.6. The van der Waals surface area contributed by atoms with Gasteiger partial charge >= 0.3 is 0 Å². The third kappa shape index (κ3) is 4.22. The smallest absolute Gasteiger partial charge is 0.276 e. The molecule has 1 aliphatic carbocycles. The van der Waals surface area contributed by atoms with E-state index in [1.54, 1.807) is 60.6 Å². The van der Waals surface area contributed by atoms with Gasteiger partial charge in [-0.25, -0.2) is 9.07 Å². The van der Waals surface area contributed by atoms with Crippen LogP contribution in [0, 0.1) is 5.82 Å². The average Bonchev–Trinajstić information content (AvgIpc) is 3.47. The summed E-state index contributed by atoms with van der Waals surface area (Å²) in [4.78, 5) is 17.2. The number of benzene rings is 2. The number of carbonyl (C=O) groups excluding carboxylic acids is 1. The number of nitrogens with zero attached hydrogens (tertiary/aromatic N) is 3. The van der Waals surface area contributed by atoms with Gasteiger partial charge in [-0.1, -0.05) is 12.1 Å². The molecule has 0 aliphatic heterocycles. The lowest BCUT2D eigenvalue weighted by Gasteiger charge is -2.13. The molecular weight excluding hydrogens is 435 g/mol. The highest BCUT2D eigenvalue weighted by atomic mass is 19.1. The molecule has 0 unspecified atom stereocenters. The van der Waals surface area contributed by atoms with Crippen molar-refractivity contribution in [2.24, 2.45) is 0 Å². The van der Waals surface area contributed by atoms with Crippen molar-refractivity contribution in [2.75, 3.05) is 12.4 Å². The molecule has 0 radical (unpaired) electrons. The highest BCUT2D eigenvalue weighted by molar-refractivity contribution is 6.04. The number of hydrogen-bond acceptors (Lipinski definition) is 5. The second kappa shape index (κ2) is 9.35. The molecule has 1 N–H and O–H groups in total. The van der Waals surface area contributed by atoms with Gasteiger partial charge in [0.2, 0.25) is 0 Å². The van der Waals surface area contributed by atoms with Gasteiger partial charge in [-0.15, -0.1) is 0 Å². The Morgan fingerprint density at radius 3 is 2.71 bits per heavy atom. The molecule has 0 fully saturated rings. The molecule has 5 rings (SSSR count). The summed E-state index contributed by atoms with van der Waals surface area (Å²) >= 11 is 0. The molecule has 34 heavy (non-hydrogen) atoms. The number of aromatic nitrogens is 3. The number of methoxy groups -OCH3 is 1. The monoisotopic (exact) mass is 458 g/mol. The number of hydrogen-bond donors (Lipinski definition) is 1. The van der Waals surface area contributed by atoms with Gasteiger partial charge in [0.25, 0.3) is 5.91 Å². The lowest BCUT2D eigenvalue weighted by molar-refractivity contribution is 0.102. The molecule has 1 aliphatic rings. The standard InChI is InChI=1S/C26H23FN4O3/c1-33-23-10-9-18(15-24(23)34-16-17-11-13-28-14-12-17)29-26(32)25-19-5-4-8-21(19)31(30-25)22-7-3-2-6-20(22)27/h2-3,6-7,9-15H,4-5,8,16H2,1H3,(H,29,32). The van der Waals surface area contributed by atoms with Crippen LogP contribution in [0.4, 0.5) is 10.1 Å². The average molecular weight is 458 g/mol. The van der Waals surface area contributed by atoms with Gasteiger partial charge < -0.3 is 14.8 Å². The summed E-state index contributed by atoms with van der Waals surface area (Å²) in [7, 11) is 1.56. The Hall–Kier alpha value is -4.20. The van der Waals surface area contributed by atoms with Crippen LogP contribution >= 0.6 is 0 Å². The molecule has 0 spiro atoms. The Bertz CT molecular complexity index is 1340. The Morgan fingerprint density at radius 1 is 1.09 bits per heavy atom. The summed E-state index contributed by atoms with van der Waals surface area (Å²) in [5, 5.41) is 7.40. The third-order valence-electron chi connectivity index (χ3n) is 5.79. The van der Waals surface area contributed by atoms with E-state index in [4.69, 9.17) is 9.47 Å². The quantitative estimate of drug-likeness (QED) is 0.433. The predicted octanol–water partition coefficient (Wildman–Crippen LogP) is 4.74. The topological polar surface area (TPSA) is 78.3 Å². The van der Waals surface area contributed by atoms with E-state index in [0.29, 0.717) is 35.2 Å². The number of nitrogens with one attached hydrogen (secondary N) is 1. The highest BCUT2D eigenvalue weighted by Gasteiger charge is 2.28. The van der Waals surface area contributed by atoms with Gasteiger partial charge in [0, 0.05) is 35.4 Å². The molecule has 8 heteroatoms. The van der Waals surface area contributed by atoms with E-state index in [0.717, 1.165) is 36.1 Å². The second-order valence-corrected chi connectivity index (χ2v) is 7.95. The van der Waals surface area contributed by atoms with Crippen molar-refractivity contribution < 1.29 is 18.7 Å². The number of pyridine rings is 1. The van der Waals surface area contributed by atoms with Crippen molar-refractivity contribution in [3.05, 3.63) is 95.3 Å². The summed E-state index contributed by atoms with van der Waals surface area (Å²) < 4.78 is 27.3. The fourth-order valence-corrected chi connectivity index (χ4v) is 4.14. The molecule has 0 bridgehead atoms. The highest BCUT2D eigenvalue weighted by Crippen LogP contribution is 2.32. The first-order chi connectivity index (χ1) is 16.6. The van der Waals surface area contributed by atoms with E-state index in [1.807, 2.05) is 12.1 Å². The van der Waals surface area contributed by atoms with Gasteiger partial charge in [0.1, 0.15) is 18.1 Å². The SMILES string of the molecule is COc1ccc(NC(=O)c2nn(-c3ccccc3F)c3c2CCC3)cc1OCc1ccncc1. The van der Waals surface area contributed by atoms with Gasteiger partial charge in [0.15, 0.2) is 17.2 Å². The van der Waals surface area contributed by atoms with Crippen LogP contribution in [-0.4, -0.2) is 27.8 Å². The van der Waals surface area contributed by atoms with Gasteiger partial charge in [-0.05, 0) is 61.2 Å². The molecule has 2 aromatic carbocycles. The fraction of sp³-hybridized carbons (Fsp3) is 0.192. The lowest BCUT2D eigenvalue weighted by Crippen LogP contribution is -2.15. The number of para-hydroxylation sites is 1. The van der Waals surface area contributed by atoms with E-state index in [1.165, 1.54) is 6.07 Å². The van der Waals surface area contributed by atoms with Crippen molar-refractivity contribution >= 4 is 11.6 Å². The second-order valence-electron chi connectivity index (χ2n) is 7.95. The molecule has 7 nitrogen and oxygen atoms in total. The van der Waals surface area contributed by atoms with Crippen molar-refractivity contribution in [1.29, 1.82) is 0 Å². The predicted molar refractivity (Wildman–Crippen MR) is 125 cm³/mol. The van der Waals surface area contributed by atoms with E-state index < -0.39 is 0 Å². The zero-order valence-corrected chi connectivity index (χ0v) is 18.6. The van der Waals surface area contributed by atoms with Crippen LogP contribution in [-0.2, 0) is 19.4 Å². The molecule has 2 heterocycles. The summed E-state index contributed by atoms with van der Waals surface area (Å²) in [6, 6.07) is 15.4. The summed E-state index contributed by atoms with van der Waals surface area (Å²) in [6.07, 6.45) is 5.78. The zero-order valence-electron chi connectivity index (χ0n) is 18.6. The Labute approximate surface area is 196 Å². The molecule has 2 aromatic heterocycles. The van der Waals surface area contributed by atoms with Crippen molar-refractivity contribution in [1.82, 2.24) is 14.8 Å². The summed E-state index contributed by atoms with van der Waals surface area (Å²) in [6.45, 7) is 0.330. The molecule has 1 amide bonds. The number of halogens is 1. The zero-order chi connectivity index (χ0) is 23.5. The van der Waals surface area contributed by atoms with Crippen LogP contribution in [0.5, 0.6) is 11.5 Å². The first-order valence-electron chi connectivity index (χ1n) is 11.0. The number of fused-ring (bicyclic) bond motifs is 1. The summed E-state index contributed by atoms with van der Waals surface area (Å²) in [5.41, 5.74) is 3.90. The minimum Gasteiger partial charge on any atom is -0.493 e. The molecule has 172 valence electrons. The Balaban J connectivity index is 1.39. The minimum atomic E-state index is -0.377. The van der Waals surface area contributed by atoms with E-state index in [-0.39, 0.29) is 11.7 Å². The summed E-state index contributed by atoms with van der Waals surface area (Å²) in [5.74, 6) is 0.326. The maximum atomic E-state index is 14.4.